The van der Waals surface area contributed by atoms with Gasteiger partial charge in [0.15, 0.2) is 6.10 Å². The summed E-state index contributed by atoms with van der Waals surface area (Å²) in [5, 5.41) is 3.55. The van der Waals surface area contributed by atoms with Gasteiger partial charge in [-0.3, -0.25) is 4.79 Å². The summed E-state index contributed by atoms with van der Waals surface area (Å²) >= 11 is 6.16. The summed E-state index contributed by atoms with van der Waals surface area (Å²) in [6, 6.07) is 10.9. The molecule has 0 fully saturated rings. The predicted octanol–water partition coefficient (Wildman–Crippen LogP) is 5.15. The van der Waals surface area contributed by atoms with Gasteiger partial charge in [-0.05, 0) is 82.1 Å². The third kappa shape index (κ3) is 5.40. The Morgan fingerprint density at radius 3 is 2.04 bits per heavy atom. The van der Waals surface area contributed by atoms with Crippen LogP contribution in [0.5, 0.6) is 11.5 Å². The van der Waals surface area contributed by atoms with Crippen molar-refractivity contribution in [1.82, 2.24) is 0 Å². The molecule has 0 bridgehead atoms. The van der Waals surface area contributed by atoms with Crippen molar-refractivity contribution >= 4 is 23.2 Å². The Morgan fingerprint density at radius 2 is 1.52 bits per heavy atom. The van der Waals surface area contributed by atoms with E-state index in [4.69, 9.17) is 21.1 Å². The quantitative estimate of drug-likeness (QED) is 0.773. The smallest absolute Gasteiger partial charge is 0.265 e. The minimum Gasteiger partial charge on any atom is -0.491 e. The van der Waals surface area contributed by atoms with Crippen molar-refractivity contribution < 1.29 is 14.3 Å². The molecule has 5 heteroatoms. The normalized spacial score (nSPS) is 12.0. The highest BCUT2D eigenvalue weighted by atomic mass is 35.5. The molecular formula is C20H24ClNO3. The molecule has 2 aromatic carbocycles. The summed E-state index contributed by atoms with van der Waals surface area (Å²) in [4.78, 5) is 12.3. The van der Waals surface area contributed by atoms with Crippen LogP contribution in [0.4, 0.5) is 5.69 Å². The Morgan fingerprint density at radius 1 is 0.960 bits per heavy atom. The first-order chi connectivity index (χ1) is 11.8. The maximum absolute atomic E-state index is 12.3. The summed E-state index contributed by atoms with van der Waals surface area (Å²) in [6.07, 6.45) is -0.522. The number of aryl methyl sites for hydroxylation is 2. The Kier molecular flexibility index (Phi) is 6.32. The number of anilines is 1. The van der Waals surface area contributed by atoms with Crippen molar-refractivity contribution in [2.45, 2.75) is 46.8 Å². The average Bonchev–Trinajstić information content (AvgIpc) is 2.53. The Bertz CT molecular complexity index is 718. The molecule has 0 aliphatic heterocycles. The van der Waals surface area contributed by atoms with E-state index in [0.717, 1.165) is 16.9 Å². The van der Waals surface area contributed by atoms with Crippen LogP contribution in [0.3, 0.4) is 0 Å². The summed E-state index contributed by atoms with van der Waals surface area (Å²) in [5.41, 5.74) is 2.54. The van der Waals surface area contributed by atoms with Gasteiger partial charge in [0.1, 0.15) is 11.5 Å². The van der Waals surface area contributed by atoms with E-state index in [1.54, 1.807) is 19.1 Å². The van der Waals surface area contributed by atoms with E-state index in [0.29, 0.717) is 16.5 Å². The SMILES string of the molecule is Cc1cc(O[C@@H](C)C(=O)Nc2ccc(OC(C)C)cc2)cc(C)c1Cl. The van der Waals surface area contributed by atoms with E-state index >= 15 is 0 Å². The molecule has 2 aromatic rings. The second kappa shape index (κ2) is 8.26. The van der Waals surface area contributed by atoms with Crippen LogP contribution >= 0.6 is 11.6 Å². The van der Waals surface area contributed by atoms with Gasteiger partial charge in [0.25, 0.3) is 5.91 Å². The Hall–Kier alpha value is -2.20. The first-order valence-electron chi connectivity index (χ1n) is 8.27. The van der Waals surface area contributed by atoms with Gasteiger partial charge in [0.2, 0.25) is 0 Å². The van der Waals surface area contributed by atoms with Crippen molar-refractivity contribution in [2.24, 2.45) is 0 Å². The van der Waals surface area contributed by atoms with Gasteiger partial charge in [-0.2, -0.15) is 0 Å². The van der Waals surface area contributed by atoms with Gasteiger partial charge < -0.3 is 14.8 Å². The number of hydrogen-bond donors (Lipinski definition) is 1. The van der Waals surface area contributed by atoms with Crippen LogP contribution in [0.25, 0.3) is 0 Å². The number of rotatable bonds is 6. The summed E-state index contributed by atoms with van der Waals surface area (Å²) in [6.45, 7) is 9.47. The number of carbonyl (C=O) groups excluding carboxylic acids is 1. The number of amides is 1. The highest BCUT2D eigenvalue weighted by Crippen LogP contribution is 2.26. The van der Waals surface area contributed by atoms with E-state index in [9.17, 15) is 4.79 Å². The fraction of sp³-hybridized carbons (Fsp3) is 0.350. The third-order valence-electron chi connectivity index (χ3n) is 3.59. The molecule has 0 saturated heterocycles. The van der Waals surface area contributed by atoms with E-state index in [1.165, 1.54) is 0 Å². The molecule has 0 heterocycles. The minimum absolute atomic E-state index is 0.111. The monoisotopic (exact) mass is 361 g/mol. The minimum atomic E-state index is -0.633. The molecule has 1 atom stereocenters. The maximum atomic E-state index is 12.3. The highest BCUT2D eigenvalue weighted by molar-refractivity contribution is 6.32. The molecule has 0 saturated carbocycles. The van der Waals surface area contributed by atoms with Gasteiger partial charge >= 0.3 is 0 Å². The molecule has 134 valence electrons. The van der Waals surface area contributed by atoms with Crippen LogP contribution in [-0.2, 0) is 4.79 Å². The van der Waals surface area contributed by atoms with E-state index in [1.807, 2.05) is 52.0 Å². The van der Waals surface area contributed by atoms with Crippen molar-refractivity contribution in [3.8, 4) is 11.5 Å². The van der Waals surface area contributed by atoms with E-state index in [-0.39, 0.29) is 12.0 Å². The van der Waals surface area contributed by atoms with Gasteiger partial charge in [0.05, 0.1) is 6.10 Å². The molecule has 0 aliphatic rings. The van der Waals surface area contributed by atoms with Crippen molar-refractivity contribution in [3.63, 3.8) is 0 Å². The first kappa shape index (κ1) is 19.1. The van der Waals surface area contributed by atoms with E-state index < -0.39 is 6.10 Å². The molecule has 0 unspecified atom stereocenters. The molecule has 0 spiro atoms. The number of halogens is 1. The van der Waals surface area contributed by atoms with Crippen LogP contribution < -0.4 is 14.8 Å². The van der Waals surface area contributed by atoms with Crippen LogP contribution in [-0.4, -0.2) is 18.1 Å². The summed E-state index contributed by atoms with van der Waals surface area (Å²) in [5.74, 6) is 1.18. The molecule has 1 N–H and O–H groups in total. The Balaban J connectivity index is 1.98. The summed E-state index contributed by atoms with van der Waals surface area (Å²) < 4.78 is 11.3. The summed E-state index contributed by atoms with van der Waals surface area (Å²) in [7, 11) is 0. The van der Waals surface area contributed by atoms with Gasteiger partial charge in [-0.15, -0.1) is 0 Å². The largest absolute Gasteiger partial charge is 0.491 e. The molecule has 0 radical (unpaired) electrons. The zero-order valence-corrected chi connectivity index (χ0v) is 16.0. The third-order valence-corrected chi connectivity index (χ3v) is 4.18. The molecule has 1 amide bonds. The fourth-order valence-electron chi connectivity index (χ4n) is 2.36. The fourth-order valence-corrected chi connectivity index (χ4v) is 2.47. The van der Waals surface area contributed by atoms with Gasteiger partial charge in [-0.25, -0.2) is 0 Å². The molecule has 0 aliphatic carbocycles. The highest BCUT2D eigenvalue weighted by Gasteiger charge is 2.16. The Labute approximate surface area is 154 Å². The zero-order valence-electron chi connectivity index (χ0n) is 15.2. The van der Waals surface area contributed by atoms with Gasteiger partial charge in [-0.1, -0.05) is 11.6 Å². The number of benzene rings is 2. The first-order valence-corrected chi connectivity index (χ1v) is 8.65. The standard InChI is InChI=1S/C20H24ClNO3/c1-12(2)24-17-8-6-16(7-9-17)22-20(23)15(5)25-18-10-13(3)19(21)14(4)11-18/h6-12,15H,1-5H3,(H,22,23)/t15-/m0/s1. The average molecular weight is 362 g/mol. The van der Waals surface area contributed by atoms with Crippen molar-refractivity contribution in [2.75, 3.05) is 5.32 Å². The number of nitrogens with one attached hydrogen (secondary N) is 1. The lowest BCUT2D eigenvalue weighted by atomic mass is 10.1. The second-order valence-electron chi connectivity index (χ2n) is 6.31. The number of hydrogen-bond acceptors (Lipinski definition) is 3. The predicted molar refractivity (Wildman–Crippen MR) is 102 cm³/mol. The molecule has 4 nitrogen and oxygen atoms in total. The lowest BCUT2D eigenvalue weighted by Gasteiger charge is -2.16. The molecule has 25 heavy (non-hydrogen) atoms. The van der Waals surface area contributed by atoms with Crippen LogP contribution in [0.15, 0.2) is 36.4 Å². The van der Waals surface area contributed by atoms with Gasteiger partial charge in [0, 0.05) is 10.7 Å². The lowest BCUT2D eigenvalue weighted by Crippen LogP contribution is -2.30. The topological polar surface area (TPSA) is 47.6 Å². The van der Waals surface area contributed by atoms with Crippen LogP contribution in [0.1, 0.15) is 31.9 Å². The van der Waals surface area contributed by atoms with Crippen molar-refractivity contribution in [1.29, 1.82) is 0 Å². The number of carbonyl (C=O) groups is 1. The van der Waals surface area contributed by atoms with E-state index in [2.05, 4.69) is 5.32 Å². The number of ether oxygens (including phenoxy) is 2. The maximum Gasteiger partial charge on any atom is 0.265 e. The molecular weight excluding hydrogens is 338 g/mol. The molecule has 0 aromatic heterocycles. The van der Waals surface area contributed by atoms with Crippen LogP contribution in [0, 0.1) is 13.8 Å². The van der Waals surface area contributed by atoms with Crippen molar-refractivity contribution in [3.05, 3.63) is 52.5 Å². The van der Waals surface area contributed by atoms with Crippen LogP contribution in [0.2, 0.25) is 5.02 Å². The molecule has 2 rings (SSSR count). The zero-order chi connectivity index (χ0) is 18.6. The lowest BCUT2D eigenvalue weighted by molar-refractivity contribution is -0.122. The second-order valence-corrected chi connectivity index (χ2v) is 6.69.